The molecule has 1 N–H and O–H groups in total. The first-order chi connectivity index (χ1) is 11.8. The van der Waals surface area contributed by atoms with Crippen molar-refractivity contribution in [2.45, 2.75) is 25.7 Å². The van der Waals surface area contributed by atoms with Gasteiger partial charge in [0.05, 0.1) is 5.56 Å². The van der Waals surface area contributed by atoms with Gasteiger partial charge in [0.15, 0.2) is 29.1 Å². The van der Waals surface area contributed by atoms with Crippen LogP contribution in [0.25, 0.3) is 0 Å². The lowest BCUT2D eigenvalue weighted by atomic mass is 9.99. The summed E-state index contributed by atoms with van der Waals surface area (Å²) in [4.78, 5) is 22.5. The Bertz CT molecular complexity index is 818. The van der Waals surface area contributed by atoms with E-state index >= 15 is 0 Å². The van der Waals surface area contributed by atoms with Gasteiger partial charge < -0.3 is 5.11 Å². The van der Waals surface area contributed by atoms with E-state index in [1.807, 2.05) is 0 Å². The number of carboxylic acid groups (broad SMARTS) is 1. The number of ketones is 1. The number of benzene rings is 2. The molecule has 0 aliphatic carbocycles. The summed E-state index contributed by atoms with van der Waals surface area (Å²) in [5.74, 6) is -6.49. The standard InChI is InChI=1S/C18H14F4O3/c19-13-6-1-10(9-14(13)20)2-7-15(23)12-5-3-11(4-8-16(24)25)17(21)18(12)22/h1,3,5-6,9H,2,4,7-8H2,(H,24,25). The van der Waals surface area contributed by atoms with E-state index in [0.717, 1.165) is 18.2 Å². The molecule has 0 heterocycles. The number of hydrogen-bond acceptors (Lipinski definition) is 2. The van der Waals surface area contributed by atoms with Crippen molar-refractivity contribution in [2.24, 2.45) is 0 Å². The van der Waals surface area contributed by atoms with Crippen molar-refractivity contribution >= 4 is 11.8 Å². The molecular weight excluding hydrogens is 340 g/mol. The Labute approximate surface area is 140 Å². The van der Waals surface area contributed by atoms with Gasteiger partial charge >= 0.3 is 5.97 Å². The van der Waals surface area contributed by atoms with Gasteiger partial charge in [-0.25, -0.2) is 17.6 Å². The predicted octanol–water partition coefficient (Wildman–Crippen LogP) is 4.08. The number of carboxylic acids is 1. The van der Waals surface area contributed by atoms with Gasteiger partial charge in [0.1, 0.15) is 0 Å². The zero-order valence-electron chi connectivity index (χ0n) is 13.0. The summed E-state index contributed by atoms with van der Waals surface area (Å²) in [5, 5.41) is 8.57. The van der Waals surface area contributed by atoms with Gasteiger partial charge in [0.2, 0.25) is 0 Å². The van der Waals surface area contributed by atoms with E-state index in [-0.39, 0.29) is 31.2 Å². The van der Waals surface area contributed by atoms with Gasteiger partial charge in [-0.05, 0) is 42.2 Å². The quantitative estimate of drug-likeness (QED) is 0.602. The van der Waals surface area contributed by atoms with Crippen molar-refractivity contribution in [1.82, 2.24) is 0 Å². The second kappa shape index (κ2) is 7.92. The number of halogens is 4. The lowest BCUT2D eigenvalue weighted by Gasteiger charge is -2.08. The molecule has 2 aromatic carbocycles. The Morgan fingerprint density at radius 3 is 2.20 bits per heavy atom. The molecule has 0 spiro atoms. The Kier molecular flexibility index (Phi) is 5.90. The molecule has 0 fully saturated rings. The smallest absolute Gasteiger partial charge is 0.303 e. The second-order valence-corrected chi connectivity index (χ2v) is 5.47. The monoisotopic (exact) mass is 354 g/mol. The summed E-state index contributed by atoms with van der Waals surface area (Å²) in [7, 11) is 0. The van der Waals surface area contributed by atoms with Crippen molar-refractivity contribution in [3.8, 4) is 0 Å². The van der Waals surface area contributed by atoms with Crippen molar-refractivity contribution in [3.63, 3.8) is 0 Å². The summed E-state index contributed by atoms with van der Waals surface area (Å²) in [6.07, 6.45) is -0.727. The van der Waals surface area contributed by atoms with Gasteiger partial charge in [-0.1, -0.05) is 12.1 Å². The molecular formula is C18H14F4O3. The second-order valence-electron chi connectivity index (χ2n) is 5.47. The number of rotatable bonds is 7. The van der Waals surface area contributed by atoms with Crippen LogP contribution >= 0.6 is 0 Å². The summed E-state index contributed by atoms with van der Waals surface area (Å²) >= 11 is 0. The number of carbonyl (C=O) groups excluding carboxylic acids is 1. The molecule has 2 rings (SSSR count). The molecule has 0 saturated carbocycles. The average Bonchev–Trinajstić information content (AvgIpc) is 2.57. The van der Waals surface area contributed by atoms with E-state index in [1.165, 1.54) is 12.1 Å². The number of hydrogen-bond donors (Lipinski definition) is 1. The van der Waals surface area contributed by atoms with Crippen LogP contribution in [0.15, 0.2) is 30.3 Å². The van der Waals surface area contributed by atoms with E-state index in [4.69, 9.17) is 5.11 Å². The number of carbonyl (C=O) groups is 2. The van der Waals surface area contributed by atoms with Gasteiger partial charge in [-0.2, -0.15) is 0 Å². The topological polar surface area (TPSA) is 54.4 Å². The van der Waals surface area contributed by atoms with E-state index in [1.54, 1.807) is 0 Å². The summed E-state index contributed by atoms with van der Waals surface area (Å²) in [6, 6.07) is 5.44. The first-order valence-electron chi connectivity index (χ1n) is 7.45. The fourth-order valence-corrected chi connectivity index (χ4v) is 2.33. The highest BCUT2D eigenvalue weighted by Gasteiger charge is 2.19. The van der Waals surface area contributed by atoms with Crippen molar-refractivity contribution in [1.29, 1.82) is 0 Å². The highest BCUT2D eigenvalue weighted by Crippen LogP contribution is 2.20. The lowest BCUT2D eigenvalue weighted by molar-refractivity contribution is -0.136. The van der Waals surface area contributed by atoms with Crippen molar-refractivity contribution in [2.75, 3.05) is 0 Å². The van der Waals surface area contributed by atoms with Gasteiger partial charge in [0.25, 0.3) is 0 Å². The maximum atomic E-state index is 14.0. The fraction of sp³-hybridized carbons (Fsp3) is 0.222. The Balaban J connectivity index is 2.09. The van der Waals surface area contributed by atoms with Crippen LogP contribution in [-0.4, -0.2) is 16.9 Å². The van der Waals surface area contributed by atoms with Gasteiger partial charge in [-0.3, -0.25) is 9.59 Å². The van der Waals surface area contributed by atoms with E-state index in [2.05, 4.69) is 0 Å². The molecule has 0 aliphatic heterocycles. The van der Waals surface area contributed by atoms with Gasteiger partial charge in [0, 0.05) is 12.8 Å². The van der Waals surface area contributed by atoms with Crippen LogP contribution in [0, 0.1) is 23.3 Å². The van der Waals surface area contributed by atoms with Crippen LogP contribution in [0.3, 0.4) is 0 Å². The molecule has 0 aromatic heterocycles. The van der Waals surface area contributed by atoms with Crippen LogP contribution in [0.5, 0.6) is 0 Å². The molecule has 132 valence electrons. The SMILES string of the molecule is O=C(O)CCc1ccc(C(=O)CCc2ccc(F)c(F)c2)c(F)c1F. The molecule has 0 radical (unpaired) electrons. The summed E-state index contributed by atoms with van der Waals surface area (Å²) < 4.78 is 53.9. The van der Waals surface area contributed by atoms with Crippen LogP contribution in [0.2, 0.25) is 0 Å². The highest BCUT2D eigenvalue weighted by molar-refractivity contribution is 5.96. The number of aryl methyl sites for hydroxylation is 2. The zero-order valence-corrected chi connectivity index (χ0v) is 13.0. The molecule has 0 unspecified atom stereocenters. The maximum absolute atomic E-state index is 14.0. The summed E-state index contributed by atoms with van der Waals surface area (Å²) in [6.45, 7) is 0. The third kappa shape index (κ3) is 4.65. The van der Waals surface area contributed by atoms with Crippen LogP contribution < -0.4 is 0 Å². The van der Waals surface area contributed by atoms with Gasteiger partial charge in [-0.15, -0.1) is 0 Å². The molecule has 0 atom stereocenters. The maximum Gasteiger partial charge on any atom is 0.303 e. The number of Topliss-reactive ketones (excluding diaryl/α,β-unsaturated/α-hetero) is 1. The van der Waals surface area contributed by atoms with E-state index in [0.29, 0.717) is 5.56 Å². The largest absolute Gasteiger partial charge is 0.481 e. The van der Waals surface area contributed by atoms with Crippen LogP contribution in [-0.2, 0) is 17.6 Å². The molecule has 0 saturated heterocycles. The Hall–Kier alpha value is -2.70. The first kappa shape index (κ1) is 18.6. The summed E-state index contributed by atoms with van der Waals surface area (Å²) in [5.41, 5.74) is -0.234. The molecule has 7 heteroatoms. The van der Waals surface area contributed by atoms with E-state index < -0.39 is 40.6 Å². The minimum Gasteiger partial charge on any atom is -0.481 e. The molecule has 3 nitrogen and oxygen atoms in total. The Morgan fingerprint density at radius 2 is 1.56 bits per heavy atom. The highest BCUT2D eigenvalue weighted by atomic mass is 19.2. The molecule has 25 heavy (non-hydrogen) atoms. The molecule has 0 amide bonds. The molecule has 0 aliphatic rings. The third-order valence-corrected chi connectivity index (χ3v) is 3.70. The minimum absolute atomic E-state index is 0.0395. The third-order valence-electron chi connectivity index (χ3n) is 3.70. The normalized spacial score (nSPS) is 10.7. The van der Waals surface area contributed by atoms with E-state index in [9.17, 15) is 27.2 Å². The lowest BCUT2D eigenvalue weighted by Crippen LogP contribution is -2.09. The predicted molar refractivity (Wildman–Crippen MR) is 81.3 cm³/mol. The minimum atomic E-state index is -1.34. The van der Waals surface area contributed by atoms with Crippen LogP contribution in [0.1, 0.15) is 34.3 Å². The average molecular weight is 354 g/mol. The molecule has 0 bridgehead atoms. The first-order valence-corrected chi connectivity index (χ1v) is 7.45. The number of aliphatic carboxylic acids is 1. The zero-order chi connectivity index (χ0) is 18.6. The van der Waals surface area contributed by atoms with Crippen LogP contribution in [0.4, 0.5) is 17.6 Å². The van der Waals surface area contributed by atoms with Crippen molar-refractivity contribution < 1.29 is 32.3 Å². The Morgan fingerprint density at radius 1 is 0.840 bits per heavy atom. The molecule has 2 aromatic rings. The fourth-order valence-electron chi connectivity index (χ4n) is 2.33. The van der Waals surface area contributed by atoms with Crippen molar-refractivity contribution in [3.05, 3.63) is 70.3 Å².